The molecule has 1 saturated heterocycles. The number of alkyl halides is 3. The Bertz CT molecular complexity index is 1450. The Morgan fingerprint density at radius 3 is 2.74 bits per heavy atom. The number of nitrogens with zero attached hydrogens (tertiary/aromatic N) is 4. The van der Waals surface area contributed by atoms with Gasteiger partial charge in [-0.05, 0) is 49.2 Å². The Balaban J connectivity index is 1.49. The van der Waals surface area contributed by atoms with Crippen molar-refractivity contribution in [2.24, 2.45) is 0 Å². The molecule has 12 heteroatoms. The highest BCUT2D eigenvalue weighted by Crippen LogP contribution is 2.35. The van der Waals surface area contributed by atoms with Crippen molar-refractivity contribution in [2.45, 2.75) is 26.1 Å². The van der Waals surface area contributed by atoms with E-state index in [2.05, 4.69) is 20.2 Å². The van der Waals surface area contributed by atoms with Crippen LogP contribution in [0.3, 0.4) is 0 Å². The first-order valence-corrected chi connectivity index (χ1v) is 12.4. The van der Waals surface area contributed by atoms with Gasteiger partial charge in [0.25, 0.3) is 11.8 Å². The lowest BCUT2D eigenvalue weighted by molar-refractivity contribution is -0.143. The molecule has 1 aromatic carbocycles. The van der Waals surface area contributed by atoms with E-state index in [0.29, 0.717) is 55.4 Å². The van der Waals surface area contributed by atoms with Crippen LogP contribution in [0.15, 0.2) is 42.7 Å². The molecule has 1 atom stereocenters. The quantitative estimate of drug-likeness (QED) is 0.487. The van der Waals surface area contributed by atoms with E-state index in [9.17, 15) is 27.2 Å². The van der Waals surface area contributed by atoms with Gasteiger partial charge in [-0.3, -0.25) is 9.59 Å². The summed E-state index contributed by atoms with van der Waals surface area (Å²) >= 11 is 0. The normalized spacial score (nSPS) is 17.4. The summed E-state index contributed by atoms with van der Waals surface area (Å²) in [6.07, 6.45) is -2.72. The van der Waals surface area contributed by atoms with Crippen LogP contribution in [0, 0.1) is 12.7 Å². The van der Waals surface area contributed by atoms with Crippen LogP contribution in [0.1, 0.15) is 39.0 Å². The van der Waals surface area contributed by atoms with Crippen molar-refractivity contribution < 1.29 is 31.9 Å². The highest BCUT2D eigenvalue weighted by Gasteiger charge is 2.38. The Morgan fingerprint density at radius 2 is 2.00 bits per heavy atom. The van der Waals surface area contributed by atoms with Crippen molar-refractivity contribution in [2.75, 3.05) is 43.1 Å². The second-order valence-electron chi connectivity index (χ2n) is 9.36. The van der Waals surface area contributed by atoms with Gasteiger partial charge in [0, 0.05) is 43.3 Å². The molecule has 5 rings (SSSR count). The summed E-state index contributed by atoms with van der Waals surface area (Å²) in [5.74, 6) is -2.95. The molecule has 0 saturated carbocycles. The number of hydrogen-bond acceptors (Lipinski definition) is 6. The van der Waals surface area contributed by atoms with E-state index >= 15 is 0 Å². The smallest absolute Gasteiger partial charge is 0.377 e. The number of hydrogen-bond donors (Lipinski definition) is 1. The zero-order valence-corrected chi connectivity index (χ0v) is 21.2. The second-order valence-corrected chi connectivity index (χ2v) is 9.36. The van der Waals surface area contributed by atoms with Gasteiger partial charge in [-0.1, -0.05) is 6.07 Å². The molecule has 204 valence electrons. The van der Waals surface area contributed by atoms with Gasteiger partial charge >= 0.3 is 6.18 Å². The van der Waals surface area contributed by atoms with E-state index in [1.54, 1.807) is 29.3 Å². The molecule has 0 aliphatic carbocycles. The summed E-state index contributed by atoms with van der Waals surface area (Å²) < 4.78 is 59.2. The predicted octanol–water partition coefficient (Wildman–Crippen LogP) is 4.54. The second kappa shape index (κ2) is 10.3. The first-order chi connectivity index (χ1) is 18.6. The third kappa shape index (κ3) is 5.03. The number of ether oxygens (including phenoxy) is 1. The third-order valence-electron chi connectivity index (χ3n) is 6.92. The fourth-order valence-electron chi connectivity index (χ4n) is 4.89. The maximum absolute atomic E-state index is 14.4. The minimum Gasteiger partial charge on any atom is -0.377 e. The highest BCUT2D eigenvalue weighted by molar-refractivity contribution is 6.05. The summed E-state index contributed by atoms with van der Waals surface area (Å²) in [7, 11) is 0. The number of anilines is 2. The third-order valence-corrected chi connectivity index (χ3v) is 6.92. The molecule has 39 heavy (non-hydrogen) atoms. The van der Waals surface area contributed by atoms with Gasteiger partial charge in [0.1, 0.15) is 0 Å². The SMILES string of the molecule is CCN1C[C@@H]2COCCN2c2cc(-c3cc(NC(=O)c4ccnc(C(F)(F)F)c4F)ccc3C)cnc2C1=O. The van der Waals surface area contributed by atoms with E-state index in [-0.39, 0.29) is 17.6 Å². The number of rotatable bonds is 4. The van der Waals surface area contributed by atoms with Crippen LogP contribution in [0.25, 0.3) is 11.1 Å². The molecule has 2 aromatic heterocycles. The number of morpholine rings is 1. The Labute approximate surface area is 221 Å². The Kier molecular flexibility index (Phi) is 6.98. The average Bonchev–Trinajstić information content (AvgIpc) is 3.03. The summed E-state index contributed by atoms with van der Waals surface area (Å²) in [5.41, 5.74) is 0.949. The lowest BCUT2D eigenvalue weighted by atomic mass is 9.99. The zero-order valence-electron chi connectivity index (χ0n) is 21.2. The fourth-order valence-corrected chi connectivity index (χ4v) is 4.89. The molecule has 3 aromatic rings. The molecule has 2 aliphatic rings. The Morgan fingerprint density at radius 1 is 1.21 bits per heavy atom. The maximum atomic E-state index is 14.4. The van der Waals surface area contributed by atoms with E-state index in [1.807, 2.05) is 19.9 Å². The molecule has 1 fully saturated rings. The van der Waals surface area contributed by atoms with Gasteiger partial charge in [-0.2, -0.15) is 13.2 Å². The number of halogens is 4. The van der Waals surface area contributed by atoms with Crippen molar-refractivity contribution in [3.8, 4) is 11.1 Å². The van der Waals surface area contributed by atoms with Crippen LogP contribution in [-0.4, -0.2) is 65.6 Å². The van der Waals surface area contributed by atoms with Gasteiger partial charge in [0.05, 0.1) is 30.5 Å². The van der Waals surface area contributed by atoms with Crippen LogP contribution < -0.4 is 10.2 Å². The van der Waals surface area contributed by atoms with Gasteiger partial charge in [-0.25, -0.2) is 14.4 Å². The number of carbonyl (C=O) groups excluding carboxylic acids is 2. The number of carbonyl (C=O) groups is 2. The highest BCUT2D eigenvalue weighted by atomic mass is 19.4. The summed E-state index contributed by atoms with van der Waals surface area (Å²) in [5, 5.41) is 2.47. The van der Waals surface area contributed by atoms with Gasteiger partial charge in [-0.15, -0.1) is 0 Å². The number of amides is 2. The maximum Gasteiger partial charge on any atom is 0.436 e. The van der Waals surface area contributed by atoms with E-state index in [0.717, 1.165) is 17.8 Å². The molecule has 0 unspecified atom stereocenters. The number of pyridine rings is 2. The monoisotopic (exact) mass is 543 g/mol. The molecule has 8 nitrogen and oxygen atoms in total. The lowest BCUT2D eigenvalue weighted by Gasteiger charge is -2.37. The molecule has 0 spiro atoms. The first kappa shape index (κ1) is 26.5. The van der Waals surface area contributed by atoms with Gasteiger partial charge in [0.15, 0.2) is 17.2 Å². The van der Waals surface area contributed by atoms with Crippen molar-refractivity contribution in [3.63, 3.8) is 0 Å². The van der Waals surface area contributed by atoms with Gasteiger partial charge in [0.2, 0.25) is 0 Å². The van der Waals surface area contributed by atoms with Crippen molar-refractivity contribution in [1.29, 1.82) is 0 Å². The van der Waals surface area contributed by atoms with Gasteiger partial charge < -0.3 is 19.9 Å². The molecule has 4 heterocycles. The van der Waals surface area contributed by atoms with Crippen LogP contribution in [0.2, 0.25) is 0 Å². The number of benzene rings is 1. The molecule has 2 amide bonds. The molecular weight excluding hydrogens is 518 g/mol. The summed E-state index contributed by atoms with van der Waals surface area (Å²) in [4.78, 5) is 37.3. The largest absolute Gasteiger partial charge is 0.436 e. The number of likely N-dealkylation sites (N-methyl/N-ethyl adjacent to an activating group) is 1. The fraction of sp³-hybridized carbons (Fsp3) is 0.333. The minimum absolute atomic E-state index is 0.0236. The molecule has 0 radical (unpaired) electrons. The minimum atomic E-state index is -5.04. The topological polar surface area (TPSA) is 87.7 Å². The standard InChI is InChI=1S/C27H25F4N5O3/c1-3-35-13-18-14-39-9-8-36(18)21-10-16(12-33-23(21)26(35)38)20-11-17(5-4-15(20)2)34-25(37)19-6-7-32-24(22(19)28)27(29,30)31/h4-7,10-12,18H,3,8-9,13-14H2,1-2H3,(H,34,37)/t18-/m1/s1. The predicted molar refractivity (Wildman–Crippen MR) is 135 cm³/mol. The number of aryl methyl sites for hydroxylation is 1. The van der Waals surface area contributed by atoms with E-state index in [4.69, 9.17) is 4.74 Å². The lowest BCUT2D eigenvalue weighted by Crippen LogP contribution is -2.50. The Hall–Kier alpha value is -4.06. The first-order valence-electron chi connectivity index (χ1n) is 12.4. The molecule has 1 N–H and O–H groups in total. The molecular formula is C27H25F4N5O3. The van der Waals surface area contributed by atoms with Crippen LogP contribution >= 0.6 is 0 Å². The summed E-state index contributed by atoms with van der Waals surface area (Å²) in [6.45, 7) is 6.42. The average molecular weight is 544 g/mol. The number of fused-ring (bicyclic) bond motifs is 3. The molecule has 0 bridgehead atoms. The van der Waals surface area contributed by atoms with Crippen molar-refractivity contribution in [3.05, 3.63) is 71.1 Å². The van der Waals surface area contributed by atoms with Crippen molar-refractivity contribution in [1.82, 2.24) is 14.9 Å². The van der Waals surface area contributed by atoms with Crippen molar-refractivity contribution >= 4 is 23.2 Å². The van der Waals surface area contributed by atoms with Crippen LogP contribution in [0.5, 0.6) is 0 Å². The molecule has 2 aliphatic heterocycles. The van der Waals surface area contributed by atoms with Crippen LogP contribution in [0.4, 0.5) is 28.9 Å². The van der Waals surface area contributed by atoms with E-state index < -0.39 is 29.2 Å². The summed E-state index contributed by atoms with van der Waals surface area (Å²) in [6, 6.07) is 7.67. The van der Waals surface area contributed by atoms with Crippen LogP contribution in [-0.2, 0) is 10.9 Å². The van der Waals surface area contributed by atoms with E-state index in [1.165, 1.54) is 0 Å². The zero-order chi connectivity index (χ0) is 27.9. The number of aromatic nitrogens is 2. The number of nitrogens with one attached hydrogen (secondary N) is 1.